The first-order valence-electron chi connectivity index (χ1n) is 9.18. The first kappa shape index (κ1) is 20.7. The number of hydrogen-bond acceptors (Lipinski definition) is 7. The van der Waals surface area contributed by atoms with Crippen LogP contribution in [-0.4, -0.2) is 36.5 Å². The third kappa shape index (κ3) is 5.72. The Hall–Kier alpha value is -3.04. The lowest BCUT2D eigenvalue weighted by molar-refractivity contribution is 0.582. The SMILES string of the molecule is Cc1nc(NCCNS(=O)(=O)c2ccc(C)c(C)c2)cc(Nc2ccccn2)n1. The lowest BCUT2D eigenvalue weighted by Crippen LogP contribution is -2.29. The monoisotopic (exact) mass is 412 g/mol. The minimum Gasteiger partial charge on any atom is -0.369 e. The third-order valence-electron chi connectivity index (χ3n) is 4.27. The Kier molecular flexibility index (Phi) is 6.40. The number of sulfonamides is 1. The van der Waals surface area contributed by atoms with Crippen molar-refractivity contribution in [2.24, 2.45) is 0 Å². The molecule has 9 heteroatoms. The van der Waals surface area contributed by atoms with Gasteiger partial charge in [0.1, 0.15) is 23.3 Å². The second kappa shape index (κ2) is 8.97. The van der Waals surface area contributed by atoms with E-state index in [2.05, 4.69) is 30.3 Å². The molecule has 0 saturated heterocycles. The van der Waals surface area contributed by atoms with Crippen LogP contribution in [0.15, 0.2) is 53.6 Å². The normalized spacial score (nSPS) is 11.3. The van der Waals surface area contributed by atoms with Crippen LogP contribution in [-0.2, 0) is 10.0 Å². The summed E-state index contributed by atoms with van der Waals surface area (Å²) in [5.41, 5.74) is 2.00. The van der Waals surface area contributed by atoms with E-state index in [0.29, 0.717) is 29.8 Å². The summed E-state index contributed by atoms with van der Waals surface area (Å²) in [6, 6.07) is 12.4. The van der Waals surface area contributed by atoms with E-state index in [1.165, 1.54) is 0 Å². The number of rotatable bonds is 8. The highest BCUT2D eigenvalue weighted by Crippen LogP contribution is 2.16. The molecule has 2 aromatic heterocycles. The van der Waals surface area contributed by atoms with E-state index in [0.717, 1.165) is 11.1 Å². The molecule has 2 heterocycles. The second-order valence-electron chi connectivity index (χ2n) is 6.60. The Morgan fingerprint density at radius 3 is 2.38 bits per heavy atom. The van der Waals surface area contributed by atoms with Crippen molar-refractivity contribution in [1.82, 2.24) is 19.7 Å². The van der Waals surface area contributed by atoms with Crippen LogP contribution < -0.4 is 15.4 Å². The average Bonchev–Trinajstić information content (AvgIpc) is 2.68. The van der Waals surface area contributed by atoms with Gasteiger partial charge in [0.05, 0.1) is 4.90 Å². The van der Waals surface area contributed by atoms with Gasteiger partial charge in [0, 0.05) is 25.4 Å². The number of pyridine rings is 1. The van der Waals surface area contributed by atoms with Crippen LogP contribution in [0.25, 0.3) is 0 Å². The van der Waals surface area contributed by atoms with Crippen molar-refractivity contribution >= 4 is 27.5 Å². The van der Waals surface area contributed by atoms with Gasteiger partial charge in [-0.05, 0) is 56.2 Å². The highest BCUT2D eigenvalue weighted by molar-refractivity contribution is 7.89. The molecule has 3 aromatic rings. The van der Waals surface area contributed by atoms with Gasteiger partial charge in [0.2, 0.25) is 10.0 Å². The maximum absolute atomic E-state index is 12.4. The van der Waals surface area contributed by atoms with Gasteiger partial charge in [-0.1, -0.05) is 12.1 Å². The van der Waals surface area contributed by atoms with Crippen molar-refractivity contribution in [2.75, 3.05) is 23.7 Å². The number of nitrogens with zero attached hydrogens (tertiary/aromatic N) is 3. The van der Waals surface area contributed by atoms with Gasteiger partial charge < -0.3 is 10.6 Å². The molecule has 3 N–H and O–H groups in total. The molecule has 0 radical (unpaired) electrons. The highest BCUT2D eigenvalue weighted by Gasteiger charge is 2.14. The molecule has 0 bridgehead atoms. The van der Waals surface area contributed by atoms with E-state index in [-0.39, 0.29) is 11.4 Å². The Morgan fingerprint density at radius 1 is 0.862 bits per heavy atom. The zero-order valence-corrected chi connectivity index (χ0v) is 17.4. The van der Waals surface area contributed by atoms with E-state index in [9.17, 15) is 8.42 Å². The lowest BCUT2D eigenvalue weighted by Gasteiger charge is -2.11. The van der Waals surface area contributed by atoms with Gasteiger partial charge in [-0.15, -0.1) is 0 Å². The van der Waals surface area contributed by atoms with Gasteiger partial charge >= 0.3 is 0 Å². The minimum absolute atomic E-state index is 0.224. The predicted octanol–water partition coefficient (Wildman–Crippen LogP) is 2.93. The average molecular weight is 413 g/mol. The third-order valence-corrected chi connectivity index (χ3v) is 5.73. The smallest absolute Gasteiger partial charge is 0.240 e. The quantitative estimate of drug-likeness (QED) is 0.488. The molecule has 3 rings (SSSR count). The molecular formula is C20H24N6O2S. The Balaban J connectivity index is 1.58. The van der Waals surface area contributed by atoms with E-state index >= 15 is 0 Å². The first-order chi connectivity index (χ1) is 13.8. The predicted molar refractivity (Wildman–Crippen MR) is 114 cm³/mol. The number of nitrogens with one attached hydrogen (secondary N) is 3. The maximum Gasteiger partial charge on any atom is 0.240 e. The fraction of sp³-hybridized carbons (Fsp3) is 0.250. The number of hydrogen-bond donors (Lipinski definition) is 3. The number of benzene rings is 1. The molecule has 8 nitrogen and oxygen atoms in total. The molecule has 0 aliphatic carbocycles. The summed E-state index contributed by atoms with van der Waals surface area (Å²) in [4.78, 5) is 13.1. The fourth-order valence-electron chi connectivity index (χ4n) is 2.63. The zero-order valence-electron chi connectivity index (χ0n) is 16.6. The first-order valence-corrected chi connectivity index (χ1v) is 10.7. The highest BCUT2D eigenvalue weighted by atomic mass is 32.2. The number of anilines is 3. The molecule has 0 amide bonds. The summed E-state index contributed by atoms with van der Waals surface area (Å²) in [6.45, 7) is 6.23. The van der Waals surface area contributed by atoms with Gasteiger partial charge in [0.15, 0.2) is 0 Å². The van der Waals surface area contributed by atoms with E-state index in [1.54, 1.807) is 31.3 Å². The Morgan fingerprint density at radius 2 is 1.66 bits per heavy atom. The van der Waals surface area contributed by atoms with Crippen LogP contribution in [0.2, 0.25) is 0 Å². The van der Waals surface area contributed by atoms with Crippen molar-refractivity contribution in [3.05, 3.63) is 65.6 Å². The molecule has 0 spiro atoms. The van der Waals surface area contributed by atoms with Crippen LogP contribution in [0.1, 0.15) is 17.0 Å². The summed E-state index contributed by atoms with van der Waals surface area (Å²) >= 11 is 0. The van der Waals surface area contributed by atoms with Gasteiger partial charge in [-0.2, -0.15) is 0 Å². The number of aryl methyl sites for hydroxylation is 3. The van der Waals surface area contributed by atoms with Crippen LogP contribution in [0.4, 0.5) is 17.5 Å². The Bertz CT molecular complexity index is 1090. The van der Waals surface area contributed by atoms with E-state index < -0.39 is 10.0 Å². The standard InChI is InChI=1S/C20H24N6O2S/c1-14-7-8-17(12-15(14)2)29(27,28)23-11-10-22-19-13-20(25-16(3)24-19)26-18-6-4-5-9-21-18/h4-9,12-13,23H,10-11H2,1-3H3,(H2,21,22,24,25,26). The van der Waals surface area contributed by atoms with Crippen molar-refractivity contribution < 1.29 is 8.42 Å². The molecule has 152 valence electrons. The summed E-state index contributed by atoms with van der Waals surface area (Å²) in [6.07, 6.45) is 1.69. The van der Waals surface area contributed by atoms with Crippen LogP contribution in [0, 0.1) is 20.8 Å². The molecule has 0 saturated carbocycles. The lowest BCUT2D eigenvalue weighted by atomic mass is 10.1. The largest absolute Gasteiger partial charge is 0.369 e. The molecule has 0 unspecified atom stereocenters. The molecular weight excluding hydrogens is 388 g/mol. The molecule has 0 aliphatic rings. The second-order valence-corrected chi connectivity index (χ2v) is 8.36. The van der Waals surface area contributed by atoms with Crippen molar-refractivity contribution in [3.63, 3.8) is 0 Å². The Labute approximate surface area is 170 Å². The summed E-state index contributed by atoms with van der Waals surface area (Å²) in [5.74, 6) is 2.47. The van der Waals surface area contributed by atoms with E-state index in [4.69, 9.17) is 0 Å². The van der Waals surface area contributed by atoms with Crippen molar-refractivity contribution in [2.45, 2.75) is 25.7 Å². The van der Waals surface area contributed by atoms with E-state index in [1.807, 2.05) is 38.1 Å². The van der Waals surface area contributed by atoms with Crippen LogP contribution in [0.5, 0.6) is 0 Å². The topological polar surface area (TPSA) is 109 Å². The summed E-state index contributed by atoms with van der Waals surface area (Å²) in [5, 5.41) is 6.24. The molecule has 0 fully saturated rings. The van der Waals surface area contributed by atoms with Crippen LogP contribution >= 0.6 is 0 Å². The molecule has 29 heavy (non-hydrogen) atoms. The van der Waals surface area contributed by atoms with Crippen LogP contribution in [0.3, 0.4) is 0 Å². The minimum atomic E-state index is -3.55. The van der Waals surface area contributed by atoms with Crippen molar-refractivity contribution in [1.29, 1.82) is 0 Å². The van der Waals surface area contributed by atoms with Gasteiger partial charge in [0.25, 0.3) is 0 Å². The molecule has 0 atom stereocenters. The molecule has 1 aromatic carbocycles. The summed E-state index contributed by atoms with van der Waals surface area (Å²) in [7, 11) is -3.55. The number of aromatic nitrogens is 3. The molecule has 0 aliphatic heterocycles. The van der Waals surface area contributed by atoms with Crippen molar-refractivity contribution in [3.8, 4) is 0 Å². The zero-order chi connectivity index (χ0) is 20.9. The summed E-state index contributed by atoms with van der Waals surface area (Å²) < 4.78 is 27.5. The fourth-order valence-corrected chi connectivity index (χ4v) is 3.75. The van der Waals surface area contributed by atoms with Gasteiger partial charge in [-0.25, -0.2) is 28.1 Å². The maximum atomic E-state index is 12.4. The van der Waals surface area contributed by atoms with Gasteiger partial charge in [-0.3, -0.25) is 0 Å².